The van der Waals surface area contributed by atoms with Crippen LogP contribution in [0.4, 0.5) is 0 Å². The zero-order chi connectivity index (χ0) is 7.76. The normalized spacial score (nSPS) is 61.5. The van der Waals surface area contributed by atoms with E-state index in [1.807, 2.05) is 0 Å². The largest absolute Gasteiger partial charge is 0.297 e. The Morgan fingerprint density at radius 3 is 2.17 bits per heavy atom. The van der Waals surface area contributed by atoms with E-state index in [1.54, 1.807) is 19.3 Å². The van der Waals surface area contributed by atoms with Gasteiger partial charge in [-0.3, -0.25) is 4.90 Å². The summed E-state index contributed by atoms with van der Waals surface area (Å²) in [5.74, 6) is 3.49. The molecule has 1 heteroatoms. The lowest BCUT2D eigenvalue weighted by Crippen LogP contribution is -2.35. The molecule has 12 heavy (non-hydrogen) atoms. The molecule has 0 amide bonds. The summed E-state index contributed by atoms with van der Waals surface area (Å²) < 4.78 is 0. The first-order valence-corrected chi connectivity index (χ1v) is 5.66. The topological polar surface area (TPSA) is 3.24 Å². The van der Waals surface area contributed by atoms with Crippen molar-refractivity contribution in [2.45, 2.75) is 37.6 Å². The van der Waals surface area contributed by atoms with Crippen molar-refractivity contribution < 1.29 is 0 Å². The number of hydrogen-bond acceptors (Lipinski definition) is 1. The van der Waals surface area contributed by atoms with Crippen LogP contribution in [-0.2, 0) is 0 Å². The van der Waals surface area contributed by atoms with Crippen molar-refractivity contribution >= 4 is 0 Å². The number of rotatable bonds is 1. The first kappa shape index (κ1) is 6.42. The average Bonchev–Trinajstić information content (AvgIpc) is 2.76. The molecule has 0 aromatic heterocycles. The third-order valence-corrected chi connectivity index (χ3v) is 5.15. The summed E-state index contributed by atoms with van der Waals surface area (Å²) in [5.41, 5.74) is 0.807. The minimum absolute atomic E-state index is 0.807. The maximum absolute atomic E-state index is 2.86. The molecule has 5 fully saturated rings. The summed E-state index contributed by atoms with van der Waals surface area (Å²) in [6.07, 6.45) is 7.74. The van der Waals surface area contributed by atoms with E-state index in [0.717, 1.165) is 11.5 Å². The molecule has 5 aliphatic rings. The number of likely N-dealkylation sites (tertiary alicyclic amines) is 1. The molecule has 0 aromatic carbocycles. The summed E-state index contributed by atoms with van der Waals surface area (Å²) in [4.78, 5) is 2.86. The van der Waals surface area contributed by atoms with Gasteiger partial charge in [0.05, 0.1) is 0 Å². The fourth-order valence-electron chi connectivity index (χ4n) is 4.80. The van der Waals surface area contributed by atoms with E-state index in [1.165, 1.54) is 37.8 Å². The highest BCUT2D eigenvalue weighted by Gasteiger charge is 2.76. The Kier molecular flexibility index (Phi) is 0.934. The van der Waals surface area contributed by atoms with Gasteiger partial charge in [-0.15, -0.1) is 0 Å². The number of nitrogens with zero attached hydrogens (tertiary/aromatic N) is 1. The van der Waals surface area contributed by atoms with Crippen LogP contribution in [0, 0.1) is 17.8 Å². The van der Waals surface area contributed by atoms with Gasteiger partial charge in [-0.2, -0.15) is 0 Å². The summed E-state index contributed by atoms with van der Waals surface area (Å²) in [5, 5.41) is 0. The summed E-state index contributed by atoms with van der Waals surface area (Å²) in [6.45, 7) is 2.86. The predicted molar refractivity (Wildman–Crippen MR) is 47.9 cm³/mol. The van der Waals surface area contributed by atoms with Crippen molar-refractivity contribution in [3.63, 3.8) is 0 Å². The SMILES string of the molecule is C1CCN(C23CC4CC2[C@@H]3C4)C1. The molecule has 1 heterocycles. The minimum Gasteiger partial charge on any atom is -0.297 e. The maximum atomic E-state index is 2.86. The van der Waals surface area contributed by atoms with Gasteiger partial charge in [-0.25, -0.2) is 0 Å². The van der Waals surface area contributed by atoms with Crippen molar-refractivity contribution in [2.24, 2.45) is 17.8 Å². The van der Waals surface area contributed by atoms with E-state index in [9.17, 15) is 0 Å². The first-order valence-electron chi connectivity index (χ1n) is 5.66. The van der Waals surface area contributed by atoms with Crippen LogP contribution in [-0.4, -0.2) is 23.5 Å². The molecule has 0 N–H and O–H groups in total. The second-order valence-corrected chi connectivity index (χ2v) is 5.44. The van der Waals surface area contributed by atoms with Crippen LogP contribution in [0.25, 0.3) is 0 Å². The quantitative estimate of drug-likeness (QED) is 0.570. The van der Waals surface area contributed by atoms with E-state index >= 15 is 0 Å². The van der Waals surface area contributed by atoms with Gasteiger partial charge in [0, 0.05) is 5.54 Å². The standard InChI is InChI=1S/C11H17N/c1-2-4-12(3-1)11-7-8-5-9(11)10(11)6-8/h8-10H,1-7H2/t8?,9-,10?,11?/m0/s1. The van der Waals surface area contributed by atoms with Gasteiger partial charge in [0.1, 0.15) is 0 Å². The van der Waals surface area contributed by atoms with Crippen molar-refractivity contribution in [2.75, 3.05) is 13.1 Å². The Morgan fingerprint density at radius 2 is 1.67 bits per heavy atom. The molecule has 0 spiro atoms. The van der Waals surface area contributed by atoms with Crippen LogP contribution in [0.5, 0.6) is 0 Å². The van der Waals surface area contributed by atoms with E-state index in [0.29, 0.717) is 0 Å². The minimum atomic E-state index is 0.807. The molecule has 1 nitrogen and oxygen atoms in total. The third kappa shape index (κ3) is 0.501. The zero-order valence-electron chi connectivity index (χ0n) is 7.63. The molecular weight excluding hydrogens is 146 g/mol. The Morgan fingerprint density at radius 1 is 1.00 bits per heavy atom. The smallest absolute Gasteiger partial charge is 0.0275 e. The second-order valence-electron chi connectivity index (χ2n) is 5.44. The van der Waals surface area contributed by atoms with Crippen LogP contribution >= 0.6 is 0 Å². The van der Waals surface area contributed by atoms with Crippen molar-refractivity contribution in [1.29, 1.82) is 0 Å². The molecular formula is C11H17N. The Hall–Kier alpha value is -0.0400. The van der Waals surface area contributed by atoms with Gasteiger partial charge in [-0.1, -0.05) is 0 Å². The van der Waals surface area contributed by atoms with Crippen molar-refractivity contribution in [3.05, 3.63) is 0 Å². The molecule has 1 saturated heterocycles. The summed E-state index contributed by atoms with van der Waals surface area (Å²) in [7, 11) is 0. The molecule has 4 bridgehead atoms. The van der Waals surface area contributed by atoms with Crippen LogP contribution in [0.2, 0.25) is 0 Å². The first-order chi connectivity index (χ1) is 5.91. The van der Waals surface area contributed by atoms with Crippen molar-refractivity contribution in [3.8, 4) is 0 Å². The number of hydrogen-bond donors (Lipinski definition) is 0. The highest BCUT2D eigenvalue weighted by molar-refractivity contribution is 5.29. The van der Waals surface area contributed by atoms with Gasteiger partial charge in [0.15, 0.2) is 0 Å². The lowest BCUT2D eigenvalue weighted by molar-refractivity contribution is 0.208. The molecule has 4 aliphatic carbocycles. The van der Waals surface area contributed by atoms with Crippen LogP contribution < -0.4 is 0 Å². The van der Waals surface area contributed by atoms with E-state index < -0.39 is 0 Å². The van der Waals surface area contributed by atoms with Gasteiger partial charge in [0.2, 0.25) is 0 Å². The lowest BCUT2D eigenvalue weighted by atomic mass is 10.1. The third-order valence-electron chi connectivity index (χ3n) is 5.15. The van der Waals surface area contributed by atoms with E-state index in [4.69, 9.17) is 0 Å². The molecule has 66 valence electrons. The van der Waals surface area contributed by atoms with Gasteiger partial charge < -0.3 is 0 Å². The predicted octanol–water partition coefficient (Wildman–Crippen LogP) is 1.88. The Balaban J connectivity index is 1.69. The average molecular weight is 163 g/mol. The molecule has 1 aliphatic heterocycles. The van der Waals surface area contributed by atoms with Crippen molar-refractivity contribution in [1.82, 2.24) is 4.90 Å². The zero-order valence-corrected chi connectivity index (χ0v) is 7.63. The second kappa shape index (κ2) is 1.75. The summed E-state index contributed by atoms with van der Waals surface area (Å²) in [6, 6.07) is 0. The molecule has 0 radical (unpaired) electrons. The fourth-order valence-corrected chi connectivity index (χ4v) is 4.80. The molecule has 4 atom stereocenters. The van der Waals surface area contributed by atoms with E-state index in [-0.39, 0.29) is 0 Å². The van der Waals surface area contributed by atoms with Crippen LogP contribution in [0.15, 0.2) is 0 Å². The Bertz CT molecular complexity index is 217. The monoisotopic (exact) mass is 163 g/mol. The molecule has 4 saturated carbocycles. The van der Waals surface area contributed by atoms with Gasteiger partial charge in [-0.05, 0) is 62.9 Å². The highest BCUT2D eigenvalue weighted by Crippen LogP contribution is 2.75. The molecule has 0 aromatic rings. The fraction of sp³-hybridized carbons (Fsp3) is 1.00. The molecule has 5 rings (SSSR count). The van der Waals surface area contributed by atoms with Gasteiger partial charge in [0.25, 0.3) is 0 Å². The maximum Gasteiger partial charge on any atom is 0.0275 e. The summed E-state index contributed by atoms with van der Waals surface area (Å²) >= 11 is 0. The Labute approximate surface area is 74.1 Å². The molecule has 3 unspecified atom stereocenters. The van der Waals surface area contributed by atoms with Crippen LogP contribution in [0.3, 0.4) is 0 Å². The van der Waals surface area contributed by atoms with Crippen LogP contribution in [0.1, 0.15) is 32.1 Å². The van der Waals surface area contributed by atoms with E-state index in [2.05, 4.69) is 4.90 Å². The highest BCUT2D eigenvalue weighted by atomic mass is 15.3. The van der Waals surface area contributed by atoms with Gasteiger partial charge >= 0.3 is 0 Å². The lowest BCUT2D eigenvalue weighted by Gasteiger charge is -2.25.